The molecule has 1 heterocycles. The van der Waals surface area contributed by atoms with Gasteiger partial charge in [-0.05, 0) is 85.4 Å². The van der Waals surface area contributed by atoms with Crippen LogP contribution in [0.3, 0.4) is 0 Å². The van der Waals surface area contributed by atoms with Gasteiger partial charge in [-0.1, -0.05) is 19.1 Å². The van der Waals surface area contributed by atoms with E-state index in [9.17, 15) is 14.4 Å². The van der Waals surface area contributed by atoms with Crippen LogP contribution >= 0.6 is 0 Å². The van der Waals surface area contributed by atoms with E-state index in [0.717, 1.165) is 12.8 Å². The Morgan fingerprint density at radius 1 is 1.07 bits per heavy atom. The topological polar surface area (TPSA) is 74.7 Å². The number of rotatable bonds is 4. The van der Waals surface area contributed by atoms with Crippen LogP contribution in [-0.2, 0) is 6.42 Å². The van der Waals surface area contributed by atoms with Crippen LogP contribution < -0.4 is 0 Å². The summed E-state index contributed by atoms with van der Waals surface area (Å²) in [6, 6.07) is 8.68. The number of benzene rings is 2. The van der Waals surface area contributed by atoms with Crippen molar-refractivity contribution in [1.82, 2.24) is 4.90 Å². The summed E-state index contributed by atoms with van der Waals surface area (Å²) >= 11 is 0. The fraction of sp³-hybridized carbons (Fsp3) is 0.375. The molecule has 29 heavy (non-hydrogen) atoms. The fourth-order valence-corrected chi connectivity index (χ4v) is 4.69. The van der Waals surface area contributed by atoms with Gasteiger partial charge in [0.25, 0.3) is 11.8 Å². The van der Waals surface area contributed by atoms with Crippen molar-refractivity contribution in [2.75, 3.05) is 6.54 Å². The van der Waals surface area contributed by atoms with E-state index >= 15 is 0 Å². The molecule has 0 saturated heterocycles. The van der Waals surface area contributed by atoms with Crippen LogP contribution in [0.25, 0.3) is 0 Å². The lowest BCUT2D eigenvalue weighted by atomic mass is 9.73. The minimum absolute atomic E-state index is 0.0208. The zero-order valence-corrected chi connectivity index (χ0v) is 17.0. The number of carboxylic acid groups (broad SMARTS) is 1. The second-order valence-corrected chi connectivity index (χ2v) is 8.37. The largest absolute Gasteiger partial charge is 0.478 e. The highest BCUT2D eigenvalue weighted by Gasteiger charge is 2.37. The molecule has 0 aromatic heterocycles. The fourth-order valence-electron chi connectivity index (χ4n) is 4.69. The Bertz CT molecular complexity index is 1040. The third-order valence-corrected chi connectivity index (χ3v) is 6.59. The second kappa shape index (κ2) is 7.14. The van der Waals surface area contributed by atoms with Gasteiger partial charge in [0.1, 0.15) is 0 Å². The van der Waals surface area contributed by atoms with Gasteiger partial charge in [-0.3, -0.25) is 14.5 Å². The summed E-state index contributed by atoms with van der Waals surface area (Å²) in [5, 5.41) is 9.16. The highest BCUT2D eigenvalue weighted by atomic mass is 16.4. The number of carbonyl (C=O) groups excluding carboxylic acids is 2. The molecule has 0 radical (unpaired) electrons. The summed E-state index contributed by atoms with van der Waals surface area (Å²) in [4.78, 5) is 38.0. The molecular formula is C24H25NO4. The monoisotopic (exact) mass is 391 g/mol. The molecule has 1 N–H and O–H groups in total. The number of hydrogen-bond donors (Lipinski definition) is 1. The lowest BCUT2D eigenvalue weighted by molar-refractivity contribution is 0.0644. The maximum atomic E-state index is 12.8. The maximum absolute atomic E-state index is 12.8. The molecule has 2 unspecified atom stereocenters. The Hall–Kier alpha value is -2.95. The van der Waals surface area contributed by atoms with Gasteiger partial charge in [0.15, 0.2) is 0 Å². The summed E-state index contributed by atoms with van der Waals surface area (Å²) in [6.45, 7) is 6.84. The molecule has 2 aliphatic rings. The molecule has 5 nitrogen and oxygen atoms in total. The zero-order valence-electron chi connectivity index (χ0n) is 17.0. The third kappa shape index (κ3) is 3.24. The first-order chi connectivity index (χ1) is 13.8. The third-order valence-electron chi connectivity index (χ3n) is 6.59. The number of carboxylic acids is 1. The van der Waals surface area contributed by atoms with E-state index in [1.54, 1.807) is 0 Å². The molecule has 2 atom stereocenters. The molecule has 150 valence electrons. The molecule has 2 amide bonds. The molecule has 1 aliphatic carbocycles. The van der Waals surface area contributed by atoms with E-state index in [0.29, 0.717) is 30.4 Å². The number of hydrogen-bond acceptors (Lipinski definition) is 3. The van der Waals surface area contributed by atoms with E-state index in [-0.39, 0.29) is 17.0 Å². The normalized spacial score (nSPS) is 20.6. The van der Waals surface area contributed by atoms with Crippen LogP contribution in [0.1, 0.15) is 79.0 Å². The standard InChI is InChI=1S/C24H25NO4/c1-13-4-5-16-10-14(2)15(3)11-20(16)18(13)8-9-25-22(26)19-7-6-17(24(28)29)12-21(19)23(25)27/h6-7,10-13,18H,4-5,8-9H2,1-3H3,(H,28,29). The number of aryl methyl sites for hydroxylation is 3. The first-order valence-electron chi connectivity index (χ1n) is 10.1. The summed E-state index contributed by atoms with van der Waals surface area (Å²) in [7, 11) is 0. The van der Waals surface area contributed by atoms with Gasteiger partial charge in [-0.25, -0.2) is 4.79 Å². The van der Waals surface area contributed by atoms with Crippen LogP contribution in [0.4, 0.5) is 0 Å². The maximum Gasteiger partial charge on any atom is 0.335 e. The Kier molecular flexibility index (Phi) is 4.77. The minimum Gasteiger partial charge on any atom is -0.478 e. The minimum atomic E-state index is -1.11. The van der Waals surface area contributed by atoms with Gasteiger partial charge < -0.3 is 5.11 Å². The molecule has 0 fully saturated rings. The molecule has 0 spiro atoms. The predicted molar refractivity (Wildman–Crippen MR) is 110 cm³/mol. The van der Waals surface area contributed by atoms with Crippen LogP contribution in [0.15, 0.2) is 30.3 Å². The zero-order chi connectivity index (χ0) is 20.9. The summed E-state index contributed by atoms with van der Waals surface area (Å²) < 4.78 is 0. The Morgan fingerprint density at radius 3 is 2.48 bits per heavy atom. The van der Waals surface area contributed by atoms with Gasteiger partial charge in [0.2, 0.25) is 0 Å². The Morgan fingerprint density at radius 2 is 1.76 bits per heavy atom. The predicted octanol–water partition coefficient (Wildman–Crippen LogP) is 4.35. The number of carbonyl (C=O) groups is 3. The van der Waals surface area contributed by atoms with E-state index in [2.05, 4.69) is 32.9 Å². The van der Waals surface area contributed by atoms with Gasteiger partial charge in [0, 0.05) is 6.54 Å². The van der Waals surface area contributed by atoms with E-state index < -0.39 is 11.9 Å². The van der Waals surface area contributed by atoms with Crippen LogP contribution in [0, 0.1) is 19.8 Å². The van der Waals surface area contributed by atoms with Crippen molar-refractivity contribution in [1.29, 1.82) is 0 Å². The van der Waals surface area contributed by atoms with Crippen LogP contribution in [0.2, 0.25) is 0 Å². The molecule has 2 aromatic rings. The van der Waals surface area contributed by atoms with Crippen molar-refractivity contribution in [3.8, 4) is 0 Å². The molecule has 0 bridgehead atoms. The van der Waals surface area contributed by atoms with E-state index in [1.165, 1.54) is 45.4 Å². The highest BCUT2D eigenvalue weighted by molar-refractivity contribution is 6.21. The lowest BCUT2D eigenvalue weighted by Crippen LogP contribution is -2.33. The first-order valence-corrected chi connectivity index (χ1v) is 10.1. The molecule has 0 saturated carbocycles. The second-order valence-electron chi connectivity index (χ2n) is 8.37. The average molecular weight is 391 g/mol. The number of fused-ring (bicyclic) bond motifs is 2. The van der Waals surface area contributed by atoms with Crippen LogP contribution in [-0.4, -0.2) is 34.3 Å². The molecular weight excluding hydrogens is 366 g/mol. The average Bonchev–Trinajstić information content (AvgIpc) is 2.92. The quantitative estimate of drug-likeness (QED) is 0.786. The summed E-state index contributed by atoms with van der Waals surface area (Å²) in [5.41, 5.74) is 5.80. The van der Waals surface area contributed by atoms with Crippen molar-refractivity contribution in [3.63, 3.8) is 0 Å². The molecule has 5 heteroatoms. The highest BCUT2D eigenvalue weighted by Crippen LogP contribution is 2.40. The van der Waals surface area contributed by atoms with Gasteiger partial charge >= 0.3 is 5.97 Å². The van der Waals surface area contributed by atoms with Gasteiger partial charge in [-0.15, -0.1) is 0 Å². The number of amides is 2. The summed E-state index contributed by atoms with van der Waals surface area (Å²) in [6.07, 6.45) is 2.89. The van der Waals surface area contributed by atoms with Crippen molar-refractivity contribution < 1.29 is 19.5 Å². The summed E-state index contributed by atoms with van der Waals surface area (Å²) in [5.74, 6) is -1.04. The molecule has 2 aromatic carbocycles. The Balaban J connectivity index is 1.57. The number of aromatic carboxylic acids is 1. The molecule has 1 aliphatic heterocycles. The van der Waals surface area contributed by atoms with E-state index in [1.807, 2.05) is 0 Å². The smallest absolute Gasteiger partial charge is 0.335 e. The first kappa shape index (κ1) is 19.4. The number of nitrogens with zero attached hydrogens (tertiary/aromatic N) is 1. The van der Waals surface area contributed by atoms with Crippen LogP contribution in [0.5, 0.6) is 0 Å². The van der Waals surface area contributed by atoms with Crippen molar-refractivity contribution in [2.24, 2.45) is 5.92 Å². The lowest BCUT2D eigenvalue weighted by Gasteiger charge is -2.33. The number of imide groups is 1. The van der Waals surface area contributed by atoms with Crippen molar-refractivity contribution in [2.45, 2.75) is 46.0 Å². The van der Waals surface area contributed by atoms with Crippen molar-refractivity contribution in [3.05, 3.63) is 69.3 Å². The Labute approximate surface area is 170 Å². The SMILES string of the molecule is Cc1cc2c(cc1C)C(CCN1C(=O)c3ccc(C(=O)O)cc3C1=O)C(C)CC2. The van der Waals surface area contributed by atoms with Crippen molar-refractivity contribution >= 4 is 17.8 Å². The van der Waals surface area contributed by atoms with E-state index in [4.69, 9.17) is 5.11 Å². The molecule has 4 rings (SSSR count). The van der Waals surface area contributed by atoms with Gasteiger partial charge in [0.05, 0.1) is 16.7 Å². The van der Waals surface area contributed by atoms with Gasteiger partial charge in [-0.2, -0.15) is 0 Å².